The minimum Gasteiger partial charge on any atom is -0.480 e. The second kappa shape index (κ2) is 7.85. The smallest absolute Gasteiger partial charge is 0.317 e. The van der Waals surface area contributed by atoms with E-state index in [0.29, 0.717) is 6.42 Å². The lowest BCUT2D eigenvalue weighted by molar-refractivity contribution is -0.136. The Labute approximate surface area is 89.3 Å². The maximum absolute atomic E-state index is 10.7. The Kier molecular flexibility index (Phi) is 7.57. The molecule has 0 aliphatic heterocycles. The second-order valence-electron chi connectivity index (χ2n) is 3.29. The van der Waals surface area contributed by atoms with Crippen LogP contribution < -0.4 is 0 Å². The fraction of sp³-hybridized carbons (Fsp3) is 0.800. The third kappa shape index (κ3) is 6.95. The lowest BCUT2D eigenvalue weighted by Gasteiger charge is -2.08. The SMILES string of the molecule is CCCCCCC(SC(C)=O)C(=O)O. The van der Waals surface area contributed by atoms with E-state index in [1.54, 1.807) is 0 Å². The Hall–Kier alpha value is -0.510. The highest BCUT2D eigenvalue weighted by atomic mass is 32.2. The van der Waals surface area contributed by atoms with Crippen molar-refractivity contribution in [3.63, 3.8) is 0 Å². The molecular formula is C10H18O3S. The van der Waals surface area contributed by atoms with Gasteiger partial charge in [-0.25, -0.2) is 0 Å². The number of hydrogen-bond acceptors (Lipinski definition) is 3. The monoisotopic (exact) mass is 218 g/mol. The fourth-order valence-corrected chi connectivity index (χ4v) is 1.98. The zero-order valence-corrected chi connectivity index (χ0v) is 9.60. The van der Waals surface area contributed by atoms with E-state index in [-0.39, 0.29) is 5.12 Å². The van der Waals surface area contributed by atoms with Gasteiger partial charge in [-0.2, -0.15) is 0 Å². The number of thioether (sulfide) groups is 1. The molecule has 14 heavy (non-hydrogen) atoms. The number of carboxylic acids is 1. The van der Waals surface area contributed by atoms with E-state index in [0.717, 1.165) is 37.4 Å². The van der Waals surface area contributed by atoms with Gasteiger partial charge in [0.2, 0.25) is 0 Å². The Morgan fingerprint density at radius 3 is 2.36 bits per heavy atom. The number of aliphatic carboxylic acids is 1. The first-order valence-corrected chi connectivity index (χ1v) is 5.86. The second-order valence-corrected chi connectivity index (χ2v) is 4.67. The van der Waals surface area contributed by atoms with E-state index in [1.165, 1.54) is 6.92 Å². The summed E-state index contributed by atoms with van der Waals surface area (Å²) in [4.78, 5) is 21.5. The average molecular weight is 218 g/mol. The molecule has 82 valence electrons. The molecule has 0 amide bonds. The van der Waals surface area contributed by atoms with Crippen LogP contribution in [0.25, 0.3) is 0 Å². The topological polar surface area (TPSA) is 54.4 Å². The largest absolute Gasteiger partial charge is 0.480 e. The number of unbranched alkanes of at least 4 members (excludes halogenated alkanes) is 3. The zero-order chi connectivity index (χ0) is 11.0. The van der Waals surface area contributed by atoms with Crippen molar-refractivity contribution in [2.45, 2.75) is 51.2 Å². The van der Waals surface area contributed by atoms with Crippen LogP contribution in [0.1, 0.15) is 46.0 Å². The van der Waals surface area contributed by atoms with E-state index in [4.69, 9.17) is 5.11 Å². The normalized spacial score (nSPS) is 12.4. The highest BCUT2D eigenvalue weighted by Gasteiger charge is 2.19. The summed E-state index contributed by atoms with van der Waals surface area (Å²) >= 11 is 0.927. The predicted molar refractivity (Wildman–Crippen MR) is 58.5 cm³/mol. The average Bonchev–Trinajstić information content (AvgIpc) is 2.09. The van der Waals surface area contributed by atoms with Crippen LogP contribution in [0.3, 0.4) is 0 Å². The molecule has 4 heteroatoms. The molecule has 3 nitrogen and oxygen atoms in total. The van der Waals surface area contributed by atoms with Gasteiger partial charge in [0.05, 0.1) is 0 Å². The first-order chi connectivity index (χ1) is 6.57. The van der Waals surface area contributed by atoms with Crippen molar-refractivity contribution < 1.29 is 14.7 Å². The van der Waals surface area contributed by atoms with Gasteiger partial charge in [0.25, 0.3) is 0 Å². The molecule has 1 unspecified atom stereocenters. The van der Waals surface area contributed by atoms with Crippen LogP contribution in [0, 0.1) is 0 Å². The van der Waals surface area contributed by atoms with Gasteiger partial charge in [-0.15, -0.1) is 0 Å². The Morgan fingerprint density at radius 1 is 1.29 bits per heavy atom. The van der Waals surface area contributed by atoms with E-state index in [1.807, 2.05) is 0 Å². The van der Waals surface area contributed by atoms with Crippen molar-refractivity contribution in [3.05, 3.63) is 0 Å². The highest BCUT2D eigenvalue weighted by molar-refractivity contribution is 8.14. The third-order valence-corrected chi connectivity index (χ3v) is 2.96. The van der Waals surface area contributed by atoms with Crippen LogP contribution >= 0.6 is 11.8 Å². The Balaban J connectivity index is 3.74. The molecule has 0 saturated carbocycles. The van der Waals surface area contributed by atoms with Crippen molar-refractivity contribution in [1.29, 1.82) is 0 Å². The molecule has 0 aromatic carbocycles. The summed E-state index contributed by atoms with van der Waals surface area (Å²) < 4.78 is 0. The van der Waals surface area contributed by atoms with Crippen LogP contribution in [-0.2, 0) is 9.59 Å². The zero-order valence-electron chi connectivity index (χ0n) is 8.78. The van der Waals surface area contributed by atoms with Gasteiger partial charge < -0.3 is 5.11 Å². The molecule has 1 N–H and O–H groups in total. The molecule has 0 spiro atoms. The summed E-state index contributed by atoms with van der Waals surface area (Å²) in [5.41, 5.74) is 0. The minimum absolute atomic E-state index is 0.118. The summed E-state index contributed by atoms with van der Waals surface area (Å²) in [5.74, 6) is -0.873. The minimum atomic E-state index is -0.873. The van der Waals surface area contributed by atoms with Gasteiger partial charge in [-0.3, -0.25) is 9.59 Å². The van der Waals surface area contributed by atoms with Crippen molar-refractivity contribution >= 4 is 22.8 Å². The summed E-state index contributed by atoms with van der Waals surface area (Å²) in [6, 6.07) is 0. The van der Waals surface area contributed by atoms with Gasteiger partial charge >= 0.3 is 5.97 Å². The van der Waals surface area contributed by atoms with Crippen molar-refractivity contribution in [1.82, 2.24) is 0 Å². The van der Waals surface area contributed by atoms with Gasteiger partial charge in [-0.1, -0.05) is 44.4 Å². The lowest BCUT2D eigenvalue weighted by atomic mass is 10.1. The molecule has 0 aromatic rings. The van der Waals surface area contributed by atoms with Crippen molar-refractivity contribution in [2.75, 3.05) is 0 Å². The standard InChI is InChI=1S/C10H18O3S/c1-3-4-5-6-7-9(10(12)13)14-8(2)11/h9H,3-7H2,1-2H3,(H,12,13). The maximum Gasteiger partial charge on any atom is 0.317 e. The first-order valence-electron chi connectivity index (χ1n) is 4.98. The van der Waals surface area contributed by atoms with Crippen LogP contribution in [0.2, 0.25) is 0 Å². The molecule has 0 rings (SSSR count). The van der Waals surface area contributed by atoms with E-state index in [2.05, 4.69) is 6.92 Å². The molecule has 0 fully saturated rings. The first kappa shape index (κ1) is 13.5. The Bertz CT molecular complexity index is 192. The Morgan fingerprint density at radius 2 is 1.93 bits per heavy atom. The van der Waals surface area contributed by atoms with Gasteiger partial charge in [0, 0.05) is 6.92 Å². The van der Waals surface area contributed by atoms with Gasteiger partial charge in [-0.05, 0) is 6.42 Å². The molecule has 0 bridgehead atoms. The van der Waals surface area contributed by atoms with E-state index in [9.17, 15) is 9.59 Å². The van der Waals surface area contributed by atoms with E-state index < -0.39 is 11.2 Å². The third-order valence-electron chi connectivity index (χ3n) is 1.90. The van der Waals surface area contributed by atoms with Crippen molar-refractivity contribution in [3.8, 4) is 0 Å². The maximum atomic E-state index is 10.7. The van der Waals surface area contributed by atoms with Gasteiger partial charge in [0.1, 0.15) is 5.25 Å². The molecular weight excluding hydrogens is 200 g/mol. The van der Waals surface area contributed by atoms with Crippen molar-refractivity contribution in [2.24, 2.45) is 0 Å². The number of carbonyl (C=O) groups is 2. The lowest BCUT2D eigenvalue weighted by Crippen LogP contribution is -2.17. The number of rotatable bonds is 7. The molecule has 0 aliphatic carbocycles. The summed E-state index contributed by atoms with van der Waals surface area (Å²) in [6.45, 7) is 3.52. The molecule has 0 aliphatic rings. The number of carbonyl (C=O) groups excluding carboxylic acids is 1. The van der Waals surface area contributed by atoms with E-state index >= 15 is 0 Å². The molecule has 0 saturated heterocycles. The fourth-order valence-electron chi connectivity index (χ4n) is 1.19. The predicted octanol–water partition coefficient (Wildman–Crippen LogP) is 2.69. The van der Waals surface area contributed by atoms with Crippen LogP contribution in [0.5, 0.6) is 0 Å². The number of carboxylic acid groups (broad SMARTS) is 1. The van der Waals surface area contributed by atoms with Gasteiger partial charge in [0.15, 0.2) is 5.12 Å². The quantitative estimate of drug-likeness (QED) is 0.667. The van der Waals surface area contributed by atoms with Crippen LogP contribution in [0.4, 0.5) is 0 Å². The molecule has 1 atom stereocenters. The van der Waals surface area contributed by atoms with Crippen LogP contribution in [0.15, 0.2) is 0 Å². The molecule has 0 heterocycles. The summed E-state index contributed by atoms with van der Waals surface area (Å²) in [6.07, 6.45) is 4.82. The molecule has 0 aromatic heterocycles. The number of hydrogen-bond donors (Lipinski definition) is 1. The highest BCUT2D eigenvalue weighted by Crippen LogP contribution is 2.19. The summed E-state index contributed by atoms with van der Waals surface area (Å²) in [5, 5.41) is 8.14. The van der Waals surface area contributed by atoms with Crippen LogP contribution in [-0.4, -0.2) is 21.4 Å². The molecule has 0 radical (unpaired) electrons. The summed E-state index contributed by atoms with van der Waals surface area (Å²) in [7, 11) is 0.